The number of rotatable bonds is 8. The normalized spacial score (nSPS) is 10.7. The van der Waals surface area contributed by atoms with Crippen LogP contribution in [0.2, 0.25) is 0 Å². The maximum absolute atomic E-state index is 12.2. The van der Waals surface area contributed by atoms with E-state index in [1.807, 2.05) is 121 Å². The third kappa shape index (κ3) is 6.08. The van der Waals surface area contributed by atoms with Crippen LogP contribution in [-0.4, -0.2) is 18.7 Å². The molecule has 0 spiro atoms. The van der Waals surface area contributed by atoms with Crippen LogP contribution in [0.3, 0.4) is 0 Å². The maximum atomic E-state index is 12.2. The van der Waals surface area contributed by atoms with Crippen molar-refractivity contribution in [3.8, 4) is 5.75 Å². The lowest BCUT2D eigenvalue weighted by molar-refractivity contribution is -0.118. The molecule has 0 fully saturated rings. The van der Waals surface area contributed by atoms with Crippen molar-refractivity contribution in [2.45, 2.75) is 6.92 Å². The van der Waals surface area contributed by atoms with E-state index in [4.69, 9.17) is 9.84 Å². The molecule has 5 heteroatoms. The van der Waals surface area contributed by atoms with Crippen LogP contribution in [0.4, 0.5) is 17.1 Å². The van der Waals surface area contributed by atoms with Crippen molar-refractivity contribution in [2.24, 2.45) is 5.10 Å². The second kappa shape index (κ2) is 10.8. The molecule has 0 saturated carbocycles. The zero-order valence-electron chi connectivity index (χ0n) is 18.4. The Kier molecular flexibility index (Phi) is 7.13. The van der Waals surface area contributed by atoms with Crippen molar-refractivity contribution < 1.29 is 9.53 Å². The van der Waals surface area contributed by atoms with Gasteiger partial charge in [-0.3, -0.25) is 4.79 Å². The van der Waals surface area contributed by atoms with E-state index in [9.17, 15) is 4.79 Å². The van der Waals surface area contributed by atoms with Gasteiger partial charge in [-0.15, -0.1) is 0 Å². The van der Waals surface area contributed by atoms with Gasteiger partial charge >= 0.3 is 0 Å². The molecule has 0 saturated heterocycles. The highest BCUT2D eigenvalue weighted by atomic mass is 16.5. The number of nitrogens with one attached hydrogen (secondary N) is 1. The molecule has 0 atom stereocenters. The minimum absolute atomic E-state index is 0.0580. The van der Waals surface area contributed by atoms with E-state index in [0.29, 0.717) is 5.75 Å². The van der Waals surface area contributed by atoms with Crippen molar-refractivity contribution in [3.63, 3.8) is 0 Å². The molecule has 4 aromatic carbocycles. The van der Waals surface area contributed by atoms with Crippen LogP contribution >= 0.6 is 0 Å². The standard InChI is InChI=1S/C28H25N3O2/c1-22-10-8-9-15-27(22)30-28(32)21-33-26-18-16-23(17-19-26)20-29-31(24-11-4-2-5-12-24)25-13-6-3-7-14-25/h2-20H,21H2,1H3,(H,30,32)/b29-20-. The monoisotopic (exact) mass is 435 g/mol. The summed E-state index contributed by atoms with van der Waals surface area (Å²) in [7, 11) is 0. The second-order valence-electron chi connectivity index (χ2n) is 7.45. The lowest BCUT2D eigenvalue weighted by Gasteiger charge is -2.19. The topological polar surface area (TPSA) is 53.9 Å². The summed E-state index contributed by atoms with van der Waals surface area (Å²) in [6, 6.07) is 35.1. The van der Waals surface area contributed by atoms with E-state index in [1.165, 1.54) is 0 Å². The van der Waals surface area contributed by atoms with Crippen LogP contribution < -0.4 is 15.1 Å². The molecular weight excluding hydrogens is 410 g/mol. The Hall–Kier alpha value is -4.38. The molecule has 33 heavy (non-hydrogen) atoms. The summed E-state index contributed by atoms with van der Waals surface area (Å²) in [5.74, 6) is 0.423. The van der Waals surface area contributed by atoms with Crippen LogP contribution in [0.1, 0.15) is 11.1 Å². The van der Waals surface area contributed by atoms with Gasteiger partial charge in [0.1, 0.15) is 5.75 Å². The van der Waals surface area contributed by atoms with Crippen LogP contribution in [0.25, 0.3) is 0 Å². The average molecular weight is 436 g/mol. The molecule has 0 bridgehead atoms. The van der Waals surface area contributed by atoms with E-state index < -0.39 is 0 Å². The van der Waals surface area contributed by atoms with Gasteiger partial charge in [0.25, 0.3) is 5.91 Å². The fourth-order valence-corrected chi connectivity index (χ4v) is 3.24. The van der Waals surface area contributed by atoms with Gasteiger partial charge in [0, 0.05) is 5.69 Å². The number of carbonyl (C=O) groups is 1. The van der Waals surface area contributed by atoms with E-state index in [2.05, 4.69) is 5.32 Å². The predicted molar refractivity (Wildman–Crippen MR) is 134 cm³/mol. The summed E-state index contributed by atoms with van der Waals surface area (Å²) in [5.41, 5.74) is 4.66. The fraction of sp³-hybridized carbons (Fsp3) is 0.0714. The fourth-order valence-electron chi connectivity index (χ4n) is 3.24. The highest BCUT2D eigenvalue weighted by molar-refractivity contribution is 5.92. The molecule has 164 valence electrons. The van der Waals surface area contributed by atoms with E-state index in [0.717, 1.165) is 28.2 Å². The first-order valence-electron chi connectivity index (χ1n) is 10.7. The molecule has 0 radical (unpaired) electrons. The third-order valence-electron chi connectivity index (χ3n) is 4.99. The molecule has 4 rings (SSSR count). The Bertz CT molecular complexity index is 1170. The minimum atomic E-state index is -0.198. The third-order valence-corrected chi connectivity index (χ3v) is 4.99. The van der Waals surface area contributed by atoms with Gasteiger partial charge in [-0.1, -0.05) is 54.6 Å². The summed E-state index contributed by atoms with van der Waals surface area (Å²) < 4.78 is 5.63. The summed E-state index contributed by atoms with van der Waals surface area (Å²) in [4.78, 5) is 12.2. The lowest BCUT2D eigenvalue weighted by Crippen LogP contribution is -2.20. The Morgan fingerprint density at radius 2 is 1.39 bits per heavy atom. The number of amides is 1. The first-order valence-corrected chi connectivity index (χ1v) is 10.7. The molecule has 0 aliphatic carbocycles. The smallest absolute Gasteiger partial charge is 0.262 e. The van der Waals surface area contributed by atoms with Gasteiger partial charge in [0.2, 0.25) is 0 Å². The molecule has 5 nitrogen and oxygen atoms in total. The van der Waals surface area contributed by atoms with Crippen molar-refractivity contribution in [1.82, 2.24) is 0 Å². The van der Waals surface area contributed by atoms with Crippen LogP contribution in [0, 0.1) is 6.92 Å². The highest BCUT2D eigenvalue weighted by Gasteiger charge is 2.07. The van der Waals surface area contributed by atoms with Gasteiger partial charge in [-0.2, -0.15) is 5.10 Å². The number of nitrogens with zero attached hydrogens (tertiary/aromatic N) is 2. The Morgan fingerprint density at radius 3 is 2.00 bits per heavy atom. The van der Waals surface area contributed by atoms with Crippen LogP contribution in [0.5, 0.6) is 5.75 Å². The summed E-state index contributed by atoms with van der Waals surface area (Å²) >= 11 is 0. The Morgan fingerprint density at radius 1 is 0.818 bits per heavy atom. The molecule has 0 unspecified atom stereocenters. The summed E-state index contributed by atoms with van der Waals surface area (Å²) in [5, 5.41) is 9.45. The van der Waals surface area contributed by atoms with Gasteiger partial charge in [-0.25, -0.2) is 5.01 Å². The van der Waals surface area contributed by atoms with Crippen LogP contribution in [0.15, 0.2) is 114 Å². The van der Waals surface area contributed by atoms with Gasteiger partial charge in [0.05, 0.1) is 17.6 Å². The summed E-state index contributed by atoms with van der Waals surface area (Å²) in [6.45, 7) is 1.89. The largest absolute Gasteiger partial charge is 0.484 e. The van der Waals surface area contributed by atoms with Gasteiger partial charge < -0.3 is 10.1 Å². The Labute approximate surface area is 194 Å². The molecule has 0 aromatic heterocycles. The van der Waals surface area contributed by atoms with Gasteiger partial charge in [0.15, 0.2) is 6.61 Å². The number of aryl methyl sites for hydroxylation is 1. The highest BCUT2D eigenvalue weighted by Crippen LogP contribution is 2.25. The number of ether oxygens (including phenoxy) is 1. The number of hydrazone groups is 1. The number of hydrogen-bond donors (Lipinski definition) is 1. The van der Waals surface area contributed by atoms with Gasteiger partial charge in [-0.05, 0) is 72.6 Å². The molecule has 1 N–H and O–H groups in total. The zero-order valence-corrected chi connectivity index (χ0v) is 18.4. The molecule has 0 heterocycles. The van der Waals surface area contributed by atoms with Crippen molar-refractivity contribution >= 4 is 29.2 Å². The quantitative estimate of drug-likeness (QED) is 0.265. The zero-order chi connectivity index (χ0) is 22.9. The maximum Gasteiger partial charge on any atom is 0.262 e. The SMILES string of the molecule is Cc1ccccc1NC(=O)COc1ccc(/C=N\N(c2ccccc2)c2ccccc2)cc1. The first kappa shape index (κ1) is 21.8. The van der Waals surface area contributed by atoms with E-state index >= 15 is 0 Å². The number of carbonyl (C=O) groups excluding carboxylic acids is 1. The van der Waals surface area contributed by atoms with Crippen molar-refractivity contribution in [1.29, 1.82) is 0 Å². The van der Waals surface area contributed by atoms with Crippen molar-refractivity contribution in [3.05, 3.63) is 120 Å². The molecular formula is C28H25N3O2. The predicted octanol–water partition coefficient (Wildman–Crippen LogP) is 6.18. The Balaban J connectivity index is 1.39. The number of para-hydroxylation sites is 3. The minimum Gasteiger partial charge on any atom is -0.484 e. The molecule has 0 aliphatic rings. The summed E-state index contributed by atoms with van der Waals surface area (Å²) in [6.07, 6.45) is 1.80. The van der Waals surface area contributed by atoms with E-state index in [1.54, 1.807) is 6.21 Å². The number of hydrogen-bond acceptors (Lipinski definition) is 4. The van der Waals surface area contributed by atoms with Crippen LogP contribution in [-0.2, 0) is 4.79 Å². The first-order chi connectivity index (χ1) is 16.2. The second-order valence-corrected chi connectivity index (χ2v) is 7.45. The molecule has 4 aromatic rings. The molecule has 0 aliphatic heterocycles. The van der Waals surface area contributed by atoms with E-state index in [-0.39, 0.29) is 12.5 Å². The number of anilines is 3. The lowest BCUT2D eigenvalue weighted by atomic mass is 10.2. The molecule has 1 amide bonds. The van der Waals surface area contributed by atoms with Crippen molar-refractivity contribution in [2.75, 3.05) is 16.9 Å². The average Bonchev–Trinajstić information content (AvgIpc) is 2.86. The number of benzene rings is 4.